The Morgan fingerprint density at radius 3 is 2.67 bits per heavy atom. The molecule has 1 aromatic rings. The standard InChI is InChI=1S/C11H18N4O3/c1-11(2,3)18-10(17)15(4)7-9(16)13-8-5-6-12-14-8/h5-6H,7H2,1-4H3,(H2,12,13,14,16). The van der Waals surface area contributed by atoms with Gasteiger partial charge in [0, 0.05) is 13.1 Å². The average molecular weight is 254 g/mol. The first-order chi connectivity index (χ1) is 8.28. The number of hydrogen-bond acceptors (Lipinski definition) is 4. The van der Waals surface area contributed by atoms with Crippen molar-refractivity contribution in [2.75, 3.05) is 18.9 Å². The maximum Gasteiger partial charge on any atom is 0.410 e. The van der Waals surface area contributed by atoms with Crippen LogP contribution in [0.5, 0.6) is 0 Å². The van der Waals surface area contributed by atoms with Gasteiger partial charge in [0.25, 0.3) is 0 Å². The monoisotopic (exact) mass is 254 g/mol. The molecule has 2 amide bonds. The number of nitrogens with zero attached hydrogens (tertiary/aromatic N) is 2. The van der Waals surface area contributed by atoms with E-state index < -0.39 is 11.7 Å². The van der Waals surface area contributed by atoms with Crippen molar-refractivity contribution in [3.8, 4) is 0 Å². The van der Waals surface area contributed by atoms with Crippen LogP contribution in [-0.4, -0.2) is 46.3 Å². The zero-order chi connectivity index (χ0) is 13.8. The van der Waals surface area contributed by atoms with Gasteiger partial charge in [0.2, 0.25) is 5.91 Å². The molecule has 0 atom stereocenters. The Morgan fingerprint density at radius 2 is 2.17 bits per heavy atom. The van der Waals surface area contributed by atoms with Crippen LogP contribution in [0, 0.1) is 0 Å². The fourth-order valence-electron chi connectivity index (χ4n) is 1.14. The summed E-state index contributed by atoms with van der Waals surface area (Å²) in [5.41, 5.74) is -0.578. The number of hydrogen-bond donors (Lipinski definition) is 2. The Labute approximate surface area is 105 Å². The number of anilines is 1. The van der Waals surface area contributed by atoms with Gasteiger partial charge in [-0.3, -0.25) is 9.89 Å². The number of nitrogens with one attached hydrogen (secondary N) is 2. The lowest BCUT2D eigenvalue weighted by molar-refractivity contribution is -0.117. The molecule has 0 spiro atoms. The topological polar surface area (TPSA) is 87.3 Å². The number of aromatic amines is 1. The van der Waals surface area contributed by atoms with Crippen molar-refractivity contribution >= 4 is 17.8 Å². The molecule has 1 rings (SSSR count). The Balaban J connectivity index is 2.42. The lowest BCUT2D eigenvalue weighted by Gasteiger charge is -2.24. The molecule has 0 saturated carbocycles. The lowest BCUT2D eigenvalue weighted by atomic mass is 10.2. The van der Waals surface area contributed by atoms with Gasteiger partial charge in [0.15, 0.2) is 0 Å². The van der Waals surface area contributed by atoms with E-state index in [0.29, 0.717) is 5.82 Å². The minimum absolute atomic E-state index is 0.0894. The summed E-state index contributed by atoms with van der Waals surface area (Å²) >= 11 is 0. The number of aromatic nitrogens is 2. The van der Waals surface area contributed by atoms with Crippen LogP contribution in [0.25, 0.3) is 0 Å². The van der Waals surface area contributed by atoms with Crippen LogP contribution in [-0.2, 0) is 9.53 Å². The second kappa shape index (κ2) is 5.52. The molecule has 0 aliphatic rings. The molecule has 0 bridgehead atoms. The van der Waals surface area contributed by atoms with Crippen LogP contribution < -0.4 is 5.32 Å². The van der Waals surface area contributed by atoms with Gasteiger partial charge in [-0.2, -0.15) is 5.10 Å². The van der Waals surface area contributed by atoms with Crippen molar-refractivity contribution in [3.05, 3.63) is 12.3 Å². The van der Waals surface area contributed by atoms with Crippen molar-refractivity contribution in [1.29, 1.82) is 0 Å². The summed E-state index contributed by atoms with van der Waals surface area (Å²) in [5.74, 6) is 0.158. The second-order valence-electron chi connectivity index (χ2n) is 4.85. The smallest absolute Gasteiger partial charge is 0.410 e. The van der Waals surface area contributed by atoms with E-state index in [0.717, 1.165) is 0 Å². The largest absolute Gasteiger partial charge is 0.444 e. The summed E-state index contributed by atoms with van der Waals surface area (Å²) in [6.45, 7) is 5.21. The molecule has 7 nitrogen and oxygen atoms in total. The number of carbonyl (C=O) groups excluding carboxylic acids is 2. The van der Waals surface area contributed by atoms with Gasteiger partial charge < -0.3 is 15.0 Å². The molecule has 2 N–H and O–H groups in total. The normalized spacial score (nSPS) is 10.9. The average Bonchev–Trinajstić information content (AvgIpc) is 2.67. The third kappa shape index (κ3) is 4.86. The zero-order valence-corrected chi connectivity index (χ0v) is 11.0. The Bertz CT molecular complexity index is 408. The number of likely N-dealkylation sites (N-methyl/N-ethyl adjacent to an activating group) is 1. The van der Waals surface area contributed by atoms with Crippen LogP contribution in [0.4, 0.5) is 10.6 Å². The molecule has 0 aromatic carbocycles. The number of ether oxygens (including phenoxy) is 1. The molecule has 0 aliphatic heterocycles. The Kier molecular flexibility index (Phi) is 4.30. The van der Waals surface area contributed by atoms with Gasteiger partial charge in [-0.05, 0) is 20.8 Å². The highest BCUT2D eigenvalue weighted by Crippen LogP contribution is 2.09. The number of rotatable bonds is 3. The van der Waals surface area contributed by atoms with E-state index in [4.69, 9.17) is 4.74 Å². The molecule has 0 radical (unpaired) electrons. The van der Waals surface area contributed by atoms with Crippen molar-refractivity contribution in [2.45, 2.75) is 26.4 Å². The van der Waals surface area contributed by atoms with E-state index in [-0.39, 0.29) is 12.5 Å². The fourth-order valence-corrected chi connectivity index (χ4v) is 1.14. The highest BCUT2D eigenvalue weighted by Gasteiger charge is 2.21. The number of H-pyrrole nitrogens is 1. The molecule has 0 saturated heterocycles. The van der Waals surface area contributed by atoms with E-state index in [2.05, 4.69) is 15.5 Å². The zero-order valence-electron chi connectivity index (χ0n) is 11.0. The van der Waals surface area contributed by atoms with Gasteiger partial charge in [0.1, 0.15) is 18.0 Å². The summed E-state index contributed by atoms with van der Waals surface area (Å²) in [5, 5.41) is 8.85. The highest BCUT2D eigenvalue weighted by atomic mass is 16.6. The van der Waals surface area contributed by atoms with Crippen molar-refractivity contribution in [2.24, 2.45) is 0 Å². The summed E-state index contributed by atoms with van der Waals surface area (Å²) < 4.78 is 5.12. The lowest BCUT2D eigenvalue weighted by Crippen LogP contribution is -2.38. The minimum Gasteiger partial charge on any atom is -0.444 e. The second-order valence-corrected chi connectivity index (χ2v) is 4.85. The molecule has 100 valence electrons. The molecule has 1 heterocycles. The molecular formula is C11H18N4O3. The predicted octanol–water partition coefficient (Wildman–Crippen LogP) is 1.22. The van der Waals surface area contributed by atoms with Gasteiger partial charge >= 0.3 is 6.09 Å². The van der Waals surface area contributed by atoms with Crippen molar-refractivity contribution < 1.29 is 14.3 Å². The van der Waals surface area contributed by atoms with E-state index in [1.165, 1.54) is 18.1 Å². The molecular weight excluding hydrogens is 236 g/mol. The molecule has 0 aliphatic carbocycles. The number of amides is 2. The quantitative estimate of drug-likeness (QED) is 0.848. The molecule has 1 aromatic heterocycles. The van der Waals surface area contributed by atoms with Crippen LogP contribution in [0.2, 0.25) is 0 Å². The highest BCUT2D eigenvalue weighted by molar-refractivity contribution is 5.92. The molecule has 18 heavy (non-hydrogen) atoms. The summed E-state index contributed by atoms with van der Waals surface area (Å²) in [6, 6.07) is 1.62. The predicted molar refractivity (Wildman–Crippen MR) is 66.1 cm³/mol. The Hall–Kier alpha value is -2.05. The summed E-state index contributed by atoms with van der Waals surface area (Å²) in [6.07, 6.45) is 0.981. The first kappa shape index (κ1) is 14.0. The fraction of sp³-hybridized carbons (Fsp3) is 0.545. The summed E-state index contributed by atoms with van der Waals surface area (Å²) in [4.78, 5) is 24.4. The van der Waals surface area contributed by atoms with Gasteiger partial charge in [-0.25, -0.2) is 4.79 Å². The van der Waals surface area contributed by atoms with Gasteiger partial charge in [-0.1, -0.05) is 0 Å². The van der Waals surface area contributed by atoms with Crippen LogP contribution in [0.15, 0.2) is 12.3 Å². The van der Waals surface area contributed by atoms with E-state index in [1.54, 1.807) is 26.8 Å². The van der Waals surface area contributed by atoms with E-state index >= 15 is 0 Å². The molecule has 7 heteroatoms. The molecule has 0 fully saturated rings. The van der Waals surface area contributed by atoms with E-state index in [9.17, 15) is 9.59 Å². The minimum atomic E-state index is -0.578. The summed E-state index contributed by atoms with van der Waals surface area (Å²) in [7, 11) is 1.50. The first-order valence-corrected chi connectivity index (χ1v) is 5.51. The van der Waals surface area contributed by atoms with Crippen molar-refractivity contribution in [3.63, 3.8) is 0 Å². The third-order valence-electron chi connectivity index (χ3n) is 1.86. The van der Waals surface area contributed by atoms with Gasteiger partial charge in [-0.15, -0.1) is 0 Å². The maximum absolute atomic E-state index is 11.6. The third-order valence-corrected chi connectivity index (χ3v) is 1.86. The van der Waals surface area contributed by atoms with Crippen LogP contribution in [0.1, 0.15) is 20.8 Å². The van der Waals surface area contributed by atoms with Crippen molar-refractivity contribution in [1.82, 2.24) is 15.1 Å². The van der Waals surface area contributed by atoms with Crippen LogP contribution in [0.3, 0.4) is 0 Å². The molecule has 0 unspecified atom stereocenters. The maximum atomic E-state index is 11.6. The van der Waals surface area contributed by atoms with E-state index in [1.807, 2.05) is 0 Å². The first-order valence-electron chi connectivity index (χ1n) is 5.51. The van der Waals surface area contributed by atoms with Crippen LogP contribution >= 0.6 is 0 Å². The SMILES string of the molecule is CN(CC(=O)Nc1ccn[nH]1)C(=O)OC(C)(C)C. The van der Waals surface area contributed by atoms with Gasteiger partial charge in [0.05, 0.1) is 6.20 Å². The number of carbonyl (C=O) groups is 2. The Morgan fingerprint density at radius 1 is 1.50 bits per heavy atom.